The number of carbonyl (C=O) groups excluding carboxylic acids is 2. The van der Waals surface area contributed by atoms with Crippen LogP contribution >= 0.6 is 23.2 Å². The second-order valence-electron chi connectivity index (χ2n) is 8.98. The Labute approximate surface area is 213 Å². The highest BCUT2D eigenvalue weighted by molar-refractivity contribution is 6.36. The number of benzene rings is 2. The maximum absolute atomic E-state index is 12.7. The lowest BCUT2D eigenvalue weighted by molar-refractivity contribution is -0.138. The lowest BCUT2D eigenvalue weighted by atomic mass is 9.85. The summed E-state index contributed by atoms with van der Waals surface area (Å²) in [5.74, 6) is -0.611. The van der Waals surface area contributed by atoms with Crippen molar-refractivity contribution >= 4 is 52.7 Å². The predicted octanol–water partition coefficient (Wildman–Crippen LogP) is 6.17. The number of urea groups is 1. The maximum atomic E-state index is 12.7. The second-order valence-corrected chi connectivity index (χ2v) is 9.83. The molecule has 1 fully saturated rings. The van der Waals surface area contributed by atoms with Crippen molar-refractivity contribution in [2.75, 3.05) is 17.2 Å². The average molecular weight is 520 g/mol. The van der Waals surface area contributed by atoms with Crippen molar-refractivity contribution in [1.82, 2.24) is 4.90 Å². The molecule has 0 spiro atoms. The molecule has 0 saturated heterocycles. The summed E-state index contributed by atoms with van der Waals surface area (Å²) >= 11 is 12.0. The molecule has 3 amide bonds. The number of fused-ring (bicyclic) bond motifs is 1. The number of hydrogen-bond donors (Lipinski definition) is 3. The van der Waals surface area contributed by atoms with E-state index in [9.17, 15) is 14.4 Å². The predicted molar refractivity (Wildman–Crippen MR) is 134 cm³/mol. The summed E-state index contributed by atoms with van der Waals surface area (Å²) in [6, 6.07) is 10.0. The standard InChI is InChI=1S/C25H27Cl2N3O5/c26-18-4-8-22(21(27)13-18)29-24(33)28-19-5-3-17-14-30(10-9-16(17)12-19)25(34)35-20-6-1-15(2-7-20)11-23(31)32/h3-5,8,12-13,15,20H,1-2,6-7,9-11,14H2,(H,31,32)(H2,28,29,33)/t15-,20-. The van der Waals surface area contributed by atoms with Crippen LogP contribution < -0.4 is 10.6 Å². The van der Waals surface area contributed by atoms with Crippen molar-refractivity contribution in [3.05, 3.63) is 57.6 Å². The van der Waals surface area contributed by atoms with Crippen LogP contribution in [0.5, 0.6) is 0 Å². The second kappa shape index (κ2) is 11.2. The van der Waals surface area contributed by atoms with E-state index >= 15 is 0 Å². The molecule has 1 heterocycles. The summed E-state index contributed by atoms with van der Waals surface area (Å²) in [4.78, 5) is 37.6. The van der Waals surface area contributed by atoms with Gasteiger partial charge in [-0.1, -0.05) is 29.3 Å². The van der Waals surface area contributed by atoms with Crippen LogP contribution in [0.25, 0.3) is 0 Å². The fraction of sp³-hybridized carbons (Fsp3) is 0.400. The van der Waals surface area contributed by atoms with Gasteiger partial charge in [0.2, 0.25) is 0 Å². The van der Waals surface area contributed by atoms with Gasteiger partial charge in [0.25, 0.3) is 0 Å². The van der Waals surface area contributed by atoms with Gasteiger partial charge in [-0.3, -0.25) is 4.79 Å². The van der Waals surface area contributed by atoms with Crippen LogP contribution in [-0.4, -0.2) is 40.7 Å². The van der Waals surface area contributed by atoms with E-state index < -0.39 is 12.0 Å². The summed E-state index contributed by atoms with van der Waals surface area (Å²) < 4.78 is 5.70. The first kappa shape index (κ1) is 25.1. The van der Waals surface area contributed by atoms with E-state index in [-0.39, 0.29) is 24.5 Å². The Morgan fingerprint density at radius 2 is 1.77 bits per heavy atom. The van der Waals surface area contributed by atoms with Gasteiger partial charge in [-0.2, -0.15) is 0 Å². The molecule has 35 heavy (non-hydrogen) atoms. The van der Waals surface area contributed by atoms with Crippen molar-refractivity contribution in [3.8, 4) is 0 Å². The van der Waals surface area contributed by atoms with Crippen molar-refractivity contribution < 1.29 is 24.2 Å². The number of carboxylic acids is 1. The van der Waals surface area contributed by atoms with Crippen molar-refractivity contribution in [1.29, 1.82) is 0 Å². The van der Waals surface area contributed by atoms with Crippen LogP contribution in [0, 0.1) is 5.92 Å². The molecule has 0 atom stereocenters. The zero-order valence-corrected chi connectivity index (χ0v) is 20.6. The molecular formula is C25H27Cl2N3O5. The van der Waals surface area contributed by atoms with Gasteiger partial charge in [0.15, 0.2) is 0 Å². The van der Waals surface area contributed by atoms with E-state index in [4.69, 9.17) is 33.0 Å². The number of nitrogens with zero attached hydrogens (tertiary/aromatic N) is 1. The van der Waals surface area contributed by atoms with Gasteiger partial charge in [-0.25, -0.2) is 9.59 Å². The minimum atomic E-state index is -0.776. The molecular weight excluding hydrogens is 493 g/mol. The molecule has 1 aliphatic carbocycles. The molecule has 186 valence electrons. The first-order valence-electron chi connectivity index (χ1n) is 11.6. The SMILES string of the molecule is O=C(O)C[C@H]1CC[C@H](OC(=O)N2CCc3cc(NC(=O)Nc4ccc(Cl)cc4Cl)ccc3C2)CC1. The normalized spacial score (nSPS) is 19.4. The highest BCUT2D eigenvalue weighted by atomic mass is 35.5. The highest BCUT2D eigenvalue weighted by Gasteiger charge is 2.28. The number of nitrogens with one attached hydrogen (secondary N) is 2. The summed E-state index contributed by atoms with van der Waals surface area (Å²) in [7, 11) is 0. The zero-order valence-electron chi connectivity index (χ0n) is 19.1. The third-order valence-corrected chi connectivity index (χ3v) is 6.99. The van der Waals surface area contributed by atoms with Crippen LogP contribution in [0.15, 0.2) is 36.4 Å². The number of carbonyl (C=O) groups is 3. The molecule has 1 aliphatic heterocycles. The van der Waals surface area contributed by atoms with Crippen molar-refractivity contribution in [3.63, 3.8) is 0 Å². The van der Waals surface area contributed by atoms with Gasteiger partial charge in [-0.15, -0.1) is 0 Å². The van der Waals surface area contributed by atoms with Gasteiger partial charge >= 0.3 is 18.1 Å². The Bertz CT molecular complexity index is 1120. The molecule has 0 unspecified atom stereocenters. The summed E-state index contributed by atoms with van der Waals surface area (Å²) in [5, 5.41) is 15.3. The zero-order chi connectivity index (χ0) is 24.9. The molecule has 8 nitrogen and oxygen atoms in total. The van der Waals surface area contributed by atoms with E-state index in [0.29, 0.717) is 53.8 Å². The third-order valence-electron chi connectivity index (χ3n) is 6.44. The van der Waals surface area contributed by atoms with Gasteiger partial charge in [0, 0.05) is 30.2 Å². The Hall–Kier alpha value is -2.97. The molecule has 4 rings (SSSR count). The molecule has 2 aromatic rings. The number of anilines is 2. The fourth-order valence-corrected chi connectivity index (χ4v) is 5.04. The summed E-state index contributed by atoms with van der Waals surface area (Å²) in [5.41, 5.74) is 3.16. The minimum absolute atomic E-state index is 0.159. The Kier molecular flexibility index (Phi) is 8.03. The maximum Gasteiger partial charge on any atom is 0.410 e. The lowest BCUT2D eigenvalue weighted by Gasteiger charge is -2.32. The number of hydrogen-bond acceptors (Lipinski definition) is 4. The molecule has 0 bridgehead atoms. The van der Waals surface area contributed by atoms with Crippen LogP contribution in [-0.2, 0) is 22.5 Å². The van der Waals surface area contributed by atoms with Gasteiger partial charge < -0.3 is 25.4 Å². The van der Waals surface area contributed by atoms with Crippen LogP contribution in [0.1, 0.15) is 43.2 Å². The number of halogens is 2. The van der Waals surface area contributed by atoms with E-state index in [0.717, 1.165) is 24.0 Å². The number of ether oxygens (including phenoxy) is 1. The van der Waals surface area contributed by atoms with Gasteiger partial charge in [-0.05, 0) is 79.5 Å². The Morgan fingerprint density at radius 1 is 1.00 bits per heavy atom. The molecule has 10 heteroatoms. The molecule has 2 aromatic carbocycles. The van der Waals surface area contributed by atoms with Crippen LogP contribution in [0.2, 0.25) is 10.0 Å². The molecule has 1 saturated carbocycles. The first-order chi connectivity index (χ1) is 16.8. The highest BCUT2D eigenvalue weighted by Crippen LogP contribution is 2.30. The number of carboxylic acid groups (broad SMARTS) is 1. The number of rotatable bonds is 5. The van der Waals surface area contributed by atoms with E-state index in [1.54, 1.807) is 29.2 Å². The molecule has 0 aromatic heterocycles. The van der Waals surface area contributed by atoms with Gasteiger partial charge in [0.1, 0.15) is 6.10 Å². The quantitative estimate of drug-likeness (QED) is 0.437. The van der Waals surface area contributed by atoms with E-state index in [2.05, 4.69) is 10.6 Å². The first-order valence-corrected chi connectivity index (χ1v) is 12.3. The van der Waals surface area contributed by atoms with Gasteiger partial charge in [0.05, 0.1) is 10.7 Å². The third kappa shape index (κ3) is 6.80. The fourth-order valence-electron chi connectivity index (χ4n) is 4.58. The van der Waals surface area contributed by atoms with Crippen LogP contribution in [0.3, 0.4) is 0 Å². The number of aliphatic carboxylic acids is 1. The Morgan fingerprint density at radius 3 is 2.49 bits per heavy atom. The van der Waals surface area contributed by atoms with Crippen LogP contribution in [0.4, 0.5) is 21.0 Å². The smallest absolute Gasteiger partial charge is 0.410 e. The monoisotopic (exact) mass is 519 g/mol. The van der Waals surface area contributed by atoms with E-state index in [1.165, 1.54) is 0 Å². The summed E-state index contributed by atoms with van der Waals surface area (Å²) in [6.07, 6.45) is 3.26. The van der Waals surface area contributed by atoms with Crippen molar-refractivity contribution in [2.24, 2.45) is 5.92 Å². The largest absolute Gasteiger partial charge is 0.481 e. The molecule has 3 N–H and O–H groups in total. The lowest BCUT2D eigenvalue weighted by Crippen LogP contribution is -2.39. The molecule has 0 radical (unpaired) electrons. The summed E-state index contributed by atoms with van der Waals surface area (Å²) in [6.45, 7) is 0.964. The minimum Gasteiger partial charge on any atom is -0.481 e. The van der Waals surface area contributed by atoms with E-state index in [1.807, 2.05) is 12.1 Å². The average Bonchev–Trinajstić information content (AvgIpc) is 2.81. The molecule has 2 aliphatic rings. The topological polar surface area (TPSA) is 108 Å². The number of amides is 3. The van der Waals surface area contributed by atoms with Crippen molar-refractivity contribution in [2.45, 2.75) is 51.2 Å². The Balaban J connectivity index is 1.28.